The molecule has 0 spiro atoms. The van der Waals surface area contributed by atoms with Gasteiger partial charge in [-0.15, -0.1) is 0 Å². The Balaban J connectivity index is 3.46. The lowest BCUT2D eigenvalue weighted by atomic mass is 10.1. The standard InChI is InChI=1S/C9H6ClFO2/c1-5(13)7-2-6(11)3-9(10)8(7)4-12/h2-4H,1H3. The molecule has 0 N–H and O–H groups in total. The van der Waals surface area contributed by atoms with Crippen molar-refractivity contribution >= 4 is 23.7 Å². The van der Waals surface area contributed by atoms with Crippen LogP contribution >= 0.6 is 11.6 Å². The fourth-order valence-corrected chi connectivity index (χ4v) is 1.25. The molecule has 0 aliphatic carbocycles. The fourth-order valence-electron chi connectivity index (χ4n) is 0.996. The molecule has 0 bridgehead atoms. The summed E-state index contributed by atoms with van der Waals surface area (Å²) in [4.78, 5) is 21.5. The highest BCUT2D eigenvalue weighted by atomic mass is 35.5. The van der Waals surface area contributed by atoms with Crippen molar-refractivity contribution in [3.8, 4) is 0 Å². The van der Waals surface area contributed by atoms with Crippen LogP contribution in [-0.2, 0) is 0 Å². The Hall–Kier alpha value is -1.22. The molecule has 0 radical (unpaired) electrons. The summed E-state index contributed by atoms with van der Waals surface area (Å²) in [6.07, 6.45) is 0.443. The topological polar surface area (TPSA) is 34.1 Å². The second-order valence-corrected chi connectivity index (χ2v) is 2.93. The van der Waals surface area contributed by atoms with Gasteiger partial charge in [0.25, 0.3) is 0 Å². The van der Waals surface area contributed by atoms with Crippen LogP contribution in [-0.4, -0.2) is 12.1 Å². The average Bonchev–Trinajstić information content (AvgIpc) is 2.02. The van der Waals surface area contributed by atoms with Gasteiger partial charge in [-0.3, -0.25) is 9.59 Å². The Bertz CT molecular complexity index is 374. The van der Waals surface area contributed by atoms with Crippen LogP contribution in [0.3, 0.4) is 0 Å². The molecule has 13 heavy (non-hydrogen) atoms. The van der Waals surface area contributed by atoms with Crippen molar-refractivity contribution in [1.29, 1.82) is 0 Å². The molecule has 0 amide bonds. The van der Waals surface area contributed by atoms with Gasteiger partial charge in [0, 0.05) is 11.1 Å². The van der Waals surface area contributed by atoms with Gasteiger partial charge in [0.2, 0.25) is 0 Å². The Labute approximate surface area is 79.3 Å². The fraction of sp³-hybridized carbons (Fsp3) is 0.111. The minimum absolute atomic E-state index is 0.0139. The highest BCUT2D eigenvalue weighted by Crippen LogP contribution is 2.20. The smallest absolute Gasteiger partial charge is 0.160 e. The highest BCUT2D eigenvalue weighted by molar-refractivity contribution is 6.33. The van der Waals surface area contributed by atoms with Crippen LogP contribution in [0.15, 0.2) is 12.1 Å². The van der Waals surface area contributed by atoms with E-state index in [1.54, 1.807) is 0 Å². The second kappa shape index (κ2) is 3.66. The van der Waals surface area contributed by atoms with E-state index in [-0.39, 0.29) is 21.9 Å². The maximum absolute atomic E-state index is 12.8. The molecule has 0 heterocycles. The number of aldehydes is 1. The van der Waals surface area contributed by atoms with Gasteiger partial charge in [0.1, 0.15) is 5.82 Å². The van der Waals surface area contributed by atoms with Crippen LogP contribution in [0.1, 0.15) is 27.6 Å². The largest absolute Gasteiger partial charge is 0.298 e. The summed E-state index contributed by atoms with van der Waals surface area (Å²) >= 11 is 5.56. The maximum atomic E-state index is 12.8. The van der Waals surface area contributed by atoms with Crippen molar-refractivity contribution in [2.45, 2.75) is 6.92 Å². The summed E-state index contributed by atoms with van der Waals surface area (Å²) in [5.74, 6) is -1.01. The van der Waals surface area contributed by atoms with Gasteiger partial charge in [0.05, 0.1) is 5.02 Å². The van der Waals surface area contributed by atoms with E-state index in [1.165, 1.54) is 6.92 Å². The summed E-state index contributed by atoms with van der Waals surface area (Å²) < 4.78 is 12.8. The quantitative estimate of drug-likeness (QED) is 0.543. The third kappa shape index (κ3) is 1.92. The minimum Gasteiger partial charge on any atom is -0.298 e. The normalized spacial score (nSPS) is 9.77. The van der Waals surface area contributed by atoms with E-state index in [4.69, 9.17) is 11.6 Å². The van der Waals surface area contributed by atoms with Crippen LogP contribution in [0.4, 0.5) is 4.39 Å². The van der Waals surface area contributed by atoms with Crippen molar-refractivity contribution < 1.29 is 14.0 Å². The van der Waals surface area contributed by atoms with E-state index < -0.39 is 5.82 Å². The molecule has 0 fully saturated rings. The van der Waals surface area contributed by atoms with Crippen molar-refractivity contribution in [2.75, 3.05) is 0 Å². The van der Waals surface area contributed by atoms with Gasteiger partial charge in [-0.1, -0.05) is 11.6 Å². The zero-order chi connectivity index (χ0) is 10.0. The van der Waals surface area contributed by atoms with Gasteiger partial charge in [-0.25, -0.2) is 4.39 Å². The first-order valence-electron chi connectivity index (χ1n) is 3.51. The highest BCUT2D eigenvalue weighted by Gasteiger charge is 2.12. The molecule has 0 aliphatic rings. The summed E-state index contributed by atoms with van der Waals surface area (Å²) in [6.45, 7) is 1.25. The van der Waals surface area contributed by atoms with Gasteiger partial charge in [-0.2, -0.15) is 0 Å². The monoisotopic (exact) mass is 200 g/mol. The summed E-state index contributed by atoms with van der Waals surface area (Å²) in [6, 6.07) is 2.00. The molecule has 0 saturated heterocycles. The first kappa shape index (κ1) is 9.86. The molecular weight excluding hydrogens is 195 g/mol. The average molecular weight is 201 g/mol. The van der Waals surface area contributed by atoms with Crippen LogP contribution in [0.2, 0.25) is 5.02 Å². The van der Waals surface area contributed by atoms with Gasteiger partial charge >= 0.3 is 0 Å². The number of Topliss-reactive ketones (excluding diaryl/α,β-unsaturated/α-hetero) is 1. The zero-order valence-electron chi connectivity index (χ0n) is 6.80. The van der Waals surface area contributed by atoms with Crippen LogP contribution < -0.4 is 0 Å². The number of benzene rings is 1. The van der Waals surface area contributed by atoms with Crippen LogP contribution in [0.5, 0.6) is 0 Å². The molecule has 0 aliphatic heterocycles. The van der Waals surface area contributed by atoms with E-state index in [0.717, 1.165) is 12.1 Å². The number of halogens is 2. The molecule has 1 aromatic carbocycles. The Morgan fingerprint density at radius 1 is 1.54 bits per heavy atom. The number of carbonyl (C=O) groups excluding carboxylic acids is 2. The predicted molar refractivity (Wildman–Crippen MR) is 46.8 cm³/mol. The zero-order valence-corrected chi connectivity index (χ0v) is 7.56. The molecular formula is C9H6ClFO2. The molecule has 68 valence electrons. The number of ketones is 1. The number of hydrogen-bond acceptors (Lipinski definition) is 2. The van der Waals surface area contributed by atoms with Crippen molar-refractivity contribution in [1.82, 2.24) is 0 Å². The van der Waals surface area contributed by atoms with Gasteiger partial charge < -0.3 is 0 Å². The van der Waals surface area contributed by atoms with Crippen LogP contribution in [0.25, 0.3) is 0 Å². The Morgan fingerprint density at radius 3 is 2.62 bits per heavy atom. The van der Waals surface area contributed by atoms with E-state index in [9.17, 15) is 14.0 Å². The number of rotatable bonds is 2. The Kier molecular flexibility index (Phi) is 2.78. The molecule has 0 atom stereocenters. The van der Waals surface area contributed by atoms with Gasteiger partial charge in [0.15, 0.2) is 12.1 Å². The Morgan fingerprint density at radius 2 is 2.15 bits per heavy atom. The summed E-state index contributed by atoms with van der Waals surface area (Å²) in [7, 11) is 0. The molecule has 0 saturated carbocycles. The third-order valence-electron chi connectivity index (χ3n) is 1.59. The number of carbonyl (C=O) groups is 2. The lowest BCUT2D eigenvalue weighted by Crippen LogP contribution is -2.00. The minimum atomic E-state index is -0.624. The predicted octanol–water partition coefficient (Wildman–Crippen LogP) is 2.49. The molecule has 0 aromatic heterocycles. The molecule has 1 rings (SSSR count). The number of hydrogen-bond donors (Lipinski definition) is 0. The van der Waals surface area contributed by atoms with E-state index in [0.29, 0.717) is 6.29 Å². The lowest BCUT2D eigenvalue weighted by molar-refractivity contribution is 0.100. The first-order valence-corrected chi connectivity index (χ1v) is 3.89. The van der Waals surface area contributed by atoms with E-state index in [2.05, 4.69) is 0 Å². The van der Waals surface area contributed by atoms with Crippen molar-refractivity contribution in [3.05, 3.63) is 34.1 Å². The molecule has 1 aromatic rings. The lowest BCUT2D eigenvalue weighted by Gasteiger charge is -2.02. The van der Waals surface area contributed by atoms with Gasteiger partial charge in [-0.05, 0) is 19.1 Å². The molecule has 4 heteroatoms. The van der Waals surface area contributed by atoms with Crippen LogP contribution in [0, 0.1) is 5.82 Å². The van der Waals surface area contributed by atoms with E-state index >= 15 is 0 Å². The maximum Gasteiger partial charge on any atom is 0.160 e. The second-order valence-electron chi connectivity index (χ2n) is 2.52. The molecule has 2 nitrogen and oxygen atoms in total. The summed E-state index contributed by atoms with van der Waals surface area (Å²) in [5.41, 5.74) is 0.0515. The molecule has 0 unspecified atom stereocenters. The van der Waals surface area contributed by atoms with Crippen molar-refractivity contribution in [2.24, 2.45) is 0 Å². The summed E-state index contributed by atoms with van der Waals surface area (Å²) in [5, 5.41) is -0.0415. The first-order chi connectivity index (χ1) is 6.06. The SMILES string of the molecule is CC(=O)c1cc(F)cc(Cl)c1C=O. The van der Waals surface area contributed by atoms with E-state index in [1.807, 2.05) is 0 Å². The third-order valence-corrected chi connectivity index (χ3v) is 1.90. The van der Waals surface area contributed by atoms with Crippen molar-refractivity contribution in [3.63, 3.8) is 0 Å².